The average Bonchev–Trinajstić information content (AvgIpc) is 3.82. The van der Waals surface area contributed by atoms with Gasteiger partial charge in [-0.1, -0.05) is 126 Å². The van der Waals surface area contributed by atoms with Crippen molar-refractivity contribution in [2.45, 2.75) is 0 Å². The van der Waals surface area contributed by atoms with E-state index in [0.717, 1.165) is 44.2 Å². The van der Waals surface area contributed by atoms with Gasteiger partial charge in [-0.05, 0) is 34.9 Å². The number of aromatic nitrogens is 3. The van der Waals surface area contributed by atoms with Crippen molar-refractivity contribution in [1.29, 1.82) is 0 Å². The van der Waals surface area contributed by atoms with E-state index < -0.39 is 0 Å². The van der Waals surface area contributed by atoms with Crippen LogP contribution in [0.25, 0.3) is 98.5 Å². The highest BCUT2D eigenvalue weighted by atomic mass is 32.1. The van der Waals surface area contributed by atoms with Crippen LogP contribution in [0.3, 0.4) is 0 Å². The average molecular weight is 707 g/mol. The molecule has 0 aliphatic heterocycles. The first-order valence-electron chi connectivity index (χ1n) is 17.6. The van der Waals surface area contributed by atoms with E-state index in [9.17, 15) is 0 Å². The van der Waals surface area contributed by atoms with Gasteiger partial charge >= 0.3 is 0 Å². The number of fused-ring (bicyclic) bond motifs is 6. The predicted octanol–water partition coefficient (Wildman–Crippen LogP) is 6.44. The van der Waals surface area contributed by atoms with Crippen molar-refractivity contribution >= 4 is 120 Å². The van der Waals surface area contributed by atoms with Crippen LogP contribution >= 0.6 is 11.3 Å². The van der Waals surface area contributed by atoms with Crippen molar-refractivity contribution in [2.24, 2.45) is 0 Å². The molecule has 10 rings (SSSR count). The smallest absolute Gasteiger partial charge is 0.167 e. The standard InChI is InChI=1S/C45H22B5N3OS/c46-36-34(37(47)39(49)40(50)38(36)48)23-19-21-25(22-20-23)44-51-43(24-9-2-1-3-10-24)52-45(53-44)31-16-7-15-30-35-27(12-8-17-32(35)54-41(30)31)29-14-6-13-28-26-11-4-5-18-33(26)55-42(28)29/h1-22H. The molecule has 0 N–H and O–H groups in total. The van der Waals surface area contributed by atoms with Crippen molar-refractivity contribution in [3.63, 3.8) is 0 Å². The molecular weight excluding hydrogens is 685 g/mol. The van der Waals surface area contributed by atoms with Gasteiger partial charge in [-0.2, -0.15) is 0 Å². The van der Waals surface area contributed by atoms with E-state index in [2.05, 4.69) is 60.7 Å². The summed E-state index contributed by atoms with van der Waals surface area (Å²) in [5.41, 5.74) is 8.49. The van der Waals surface area contributed by atoms with E-state index >= 15 is 0 Å². The molecule has 0 saturated heterocycles. The summed E-state index contributed by atoms with van der Waals surface area (Å²) in [6.45, 7) is 0. The maximum Gasteiger partial charge on any atom is 0.167 e. The monoisotopic (exact) mass is 707 g/mol. The molecular formula is C45H22B5N3OS. The minimum Gasteiger partial charge on any atom is -0.455 e. The van der Waals surface area contributed by atoms with Crippen molar-refractivity contribution in [3.8, 4) is 56.4 Å². The highest BCUT2D eigenvalue weighted by Gasteiger charge is 2.21. The Labute approximate surface area is 327 Å². The number of hydrogen-bond donors (Lipinski definition) is 0. The van der Waals surface area contributed by atoms with E-state index in [1.54, 1.807) is 0 Å². The lowest BCUT2D eigenvalue weighted by molar-refractivity contribution is 0.669. The molecule has 0 atom stereocenters. The number of para-hydroxylation sites is 1. The first-order chi connectivity index (χ1) is 26.9. The second-order valence-electron chi connectivity index (χ2n) is 13.4. The largest absolute Gasteiger partial charge is 0.455 e. The Balaban J connectivity index is 1.14. The fourth-order valence-corrected chi connectivity index (χ4v) is 8.73. The summed E-state index contributed by atoms with van der Waals surface area (Å²) in [6, 6.07) is 44.9. The number of benzene rings is 7. The molecule has 10 heteroatoms. The Morgan fingerprint density at radius 3 is 1.71 bits per heavy atom. The SMILES string of the molecule is [B]c1c([B])c([B])c(-c2ccc(-c3nc(-c4ccccc4)nc(-c4cccc5c4oc4cccc(-c6cccc7c6sc6ccccc67)c45)n3)cc2)c([B])c1[B]. The Bertz CT molecular complexity index is 3130. The molecule has 0 spiro atoms. The zero-order valence-corrected chi connectivity index (χ0v) is 30.1. The van der Waals surface area contributed by atoms with Crippen LogP contribution in [-0.2, 0) is 0 Å². The summed E-state index contributed by atoms with van der Waals surface area (Å²) in [5.74, 6) is 1.50. The van der Waals surface area contributed by atoms with E-state index in [1.165, 1.54) is 25.7 Å². The van der Waals surface area contributed by atoms with Crippen LogP contribution < -0.4 is 27.3 Å². The van der Waals surface area contributed by atoms with Gasteiger partial charge in [-0.15, -0.1) is 27.7 Å². The summed E-state index contributed by atoms with van der Waals surface area (Å²) in [6.07, 6.45) is 0. The maximum atomic E-state index is 6.73. The number of furan rings is 1. The van der Waals surface area contributed by atoms with Gasteiger partial charge < -0.3 is 4.42 Å². The van der Waals surface area contributed by atoms with Gasteiger partial charge in [0.25, 0.3) is 0 Å². The first kappa shape index (κ1) is 33.5. The third-order valence-corrected chi connectivity index (χ3v) is 11.5. The molecule has 0 aliphatic rings. The maximum absolute atomic E-state index is 6.73. The Kier molecular flexibility index (Phi) is 7.93. The minimum atomic E-state index is 0.172. The van der Waals surface area contributed by atoms with Gasteiger partial charge in [0.05, 0.1) is 5.56 Å². The Morgan fingerprint density at radius 1 is 0.418 bits per heavy atom. The summed E-state index contributed by atoms with van der Waals surface area (Å²) in [7, 11) is 31.1. The van der Waals surface area contributed by atoms with Crippen LogP contribution in [-0.4, -0.2) is 54.2 Å². The number of hydrogen-bond acceptors (Lipinski definition) is 5. The molecule has 7 aromatic carbocycles. The van der Waals surface area contributed by atoms with Crippen LogP contribution in [0.1, 0.15) is 0 Å². The van der Waals surface area contributed by atoms with Crippen molar-refractivity contribution in [1.82, 2.24) is 15.0 Å². The van der Waals surface area contributed by atoms with E-state index in [1.807, 2.05) is 84.1 Å². The molecule has 55 heavy (non-hydrogen) atoms. The third-order valence-electron chi connectivity index (χ3n) is 10.3. The zero-order chi connectivity index (χ0) is 37.4. The Morgan fingerprint density at radius 2 is 0.964 bits per heavy atom. The van der Waals surface area contributed by atoms with Crippen molar-refractivity contribution in [3.05, 3.63) is 133 Å². The summed E-state index contributed by atoms with van der Waals surface area (Å²) >= 11 is 1.82. The molecule has 10 radical (unpaired) electrons. The zero-order valence-electron chi connectivity index (χ0n) is 29.2. The third kappa shape index (κ3) is 5.38. The lowest BCUT2D eigenvalue weighted by Crippen LogP contribution is -2.55. The van der Waals surface area contributed by atoms with Crippen LogP contribution in [0.2, 0.25) is 0 Å². The lowest BCUT2D eigenvalue weighted by atomic mass is 9.59. The van der Waals surface area contributed by atoms with Crippen molar-refractivity contribution < 1.29 is 4.42 Å². The molecule has 0 aliphatic carbocycles. The molecule has 0 bridgehead atoms. The lowest BCUT2D eigenvalue weighted by Gasteiger charge is -2.21. The molecule has 0 fully saturated rings. The predicted molar refractivity (Wildman–Crippen MR) is 234 cm³/mol. The molecule has 0 saturated carbocycles. The molecule has 4 nitrogen and oxygen atoms in total. The summed E-state index contributed by atoms with van der Waals surface area (Å²) < 4.78 is 9.24. The fraction of sp³-hybridized carbons (Fsp3) is 0. The van der Waals surface area contributed by atoms with Gasteiger partial charge in [0.15, 0.2) is 17.5 Å². The van der Waals surface area contributed by atoms with Gasteiger partial charge in [0.1, 0.15) is 50.4 Å². The molecule has 10 aromatic rings. The second-order valence-corrected chi connectivity index (χ2v) is 14.5. The van der Waals surface area contributed by atoms with Crippen LogP contribution in [0.15, 0.2) is 138 Å². The van der Waals surface area contributed by atoms with Gasteiger partial charge in [-0.3, -0.25) is 0 Å². The van der Waals surface area contributed by atoms with E-state index in [4.69, 9.17) is 58.6 Å². The highest BCUT2D eigenvalue weighted by Crippen LogP contribution is 2.45. The minimum absolute atomic E-state index is 0.172. The molecule has 0 amide bonds. The van der Waals surface area contributed by atoms with Gasteiger partial charge in [0, 0.05) is 47.6 Å². The van der Waals surface area contributed by atoms with E-state index in [-0.39, 0.29) is 27.3 Å². The molecule has 244 valence electrons. The van der Waals surface area contributed by atoms with Crippen LogP contribution in [0.4, 0.5) is 0 Å². The number of rotatable bonds is 5. The first-order valence-corrected chi connectivity index (χ1v) is 18.5. The summed E-state index contributed by atoms with van der Waals surface area (Å²) in [5, 5.41) is 4.53. The summed E-state index contributed by atoms with van der Waals surface area (Å²) in [4.78, 5) is 15.0. The normalized spacial score (nSPS) is 11.6. The van der Waals surface area contributed by atoms with Crippen molar-refractivity contribution in [2.75, 3.05) is 0 Å². The number of nitrogens with zero attached hydrogens (tertiary/aromatic N) is 3. The van der Waals surface area contributed by atoms with Gasteiger partial charge in [0.2, 0.25) is 0 Å². The number of thiophene rings is 1. The highest BCUT2D eigenvalue weighted by molar-refractivity contribution is 7.26. The van der Waals surface area contributed by atoms with Crippen LogP contribution in [0.5, 0.6) is 0 Å². The van der Waals surface area contributed by atoms with E-state index in [0.29, 0.717) is 28.6 Å². The topological polar surface area (TPSA) is 51.8 Å². The molecule has 0 unspecified atom stereocenters. The molecule has 3 aromatic heterocycles. The van der Waals surface area contributed by atoms with Crippen LogP contribution in [0, 0.1) is 0 Å². The quantitative estimate of drug-likeness (QED) is 0.194. The fourth-order valence-electron chi connectivity index (χ4n) is 7.50. The Hall–Kier alpha value is -6.11. The van der Waals surface area contributed by atoms with Gasteiger partial charge in [-0.25, -0.2) is 15.0 Å². The molecule has 3 heterocycles. The second kappa shape index (κ2) is 13.0.